The lowest BCUT2D eigenvalue weighted by Crippen LogP contribution is -2.38. The topological polar surface area (TPSA) is 53.3 Å². The third kappa shape index (κ3) is 2.53. The number of anilines is 2. The minimum absolute atomic E-state index is 0.579. The zero-order valence-corrected chi connectivity index (χ0v) is 13.6. The monoisotopic (exact) mass is 308 g/mol. The lowest BCUT2D eigenvalue weighted by Gasteiger charge is -2.19. The van der Waals surface area contributed by atoms with Gasteiger partial charge in [0.1, 0.15) is 5.52 Å². The van der Waals surface area contributed by atoms with Crippen molar-refractivity contribution in [2.75, 3.05) is 17.0 Å². The van der Waals surface area contributed by atoms with Crippen LogP contribution in [0.5, 0.6) is 0 Å². The third-order valence-corrected chi connectivity index (χ3v) is 3.95. The third-order valence-electron chi connectivity index (χ3n) is 3.95. The zero-order chi connectivity index (χ0) is 16.0. The van der Waals surface area contributed by atoms with Crippen LogP contribution >= 0.6 is 0 Å². The van der Waals surface area contributed by atoms with E-state index >= 15 is 0 Å². The standard InChI is InChI=1S/C18H20N4O/c1-11(2)10-22-16-6-5-13(9-14(16)20-21-22)18-19-15-8-12(3)4-7-17(15)23-18/h4-9,11,20-21H,10H2,1-3H3. The average molecular weight is 308 g/mol. The summed E-state index contributed by atoms with van der Waals surface area (Å²) < 4.78 is 5.89. The molecule has 0 saturated heterocycles. The Morgan fingerprint density at radius 2 is 2.04 bits per heavy atom. The highest BCUT2D eigenvalue weighted by atomic mass is 16.3. The minimum Gasteiger partial charge on any atom is -0.436 e. The van der Waals surface area contributed by atoms with E-state index in [2.05, 4.69) is 59.9 Å². The first-order valence-corrected chi connectivity index (χ1v) is 7.91. The van der Waals surface area contributed by atoms with Gasteiger partial charge in [0.15, 0.2) is 5.58 Å². The molecule has 118 valence electrons. The summed E-state index contributed by atoms with van der Waals surface area (Å²) >= 11 is 0. The second kappa shape index (κ2) is 5.28. The molecule has 23 heavy (non-hydrogen) atoms. The number of nitrogens with one attached hydrogen (secondary N) is 2. The van der Waals surface area contributed by atoms with Gasteiger partial charge in [0.05, 0.1) is 11.4 Å². The van der Waals surface area contributed by atoms with Crippen molar-refractivity contribution in [2.45, 2.75) is 20.8 Å². The van der Waals surface area contributed by atoms with Crippen LogP contribution in [0.2, 0.25) is 0 Å². The van der Waals surface area contributed by atoms with E-state index in [1.807, 2.05) is 18.2 Å². The van der Waals surface area contributed by atoms with E-state index in [-0.39, 0.29) is 0 Å². The van der Waals surface area contributed by atoms with E-state index < -0.39 is 0 Å². The Labute approximate surface area is 135 Å². The minimum atomic E-state index is 0.579. The molecule has 0 bridgehead atoms. The molecule has 2 aromatic carbocycles. The summed E-state index contributed by atoms with van der Waals surface area (Å²) in [5.41, 5.74) is 12.5. The highest BCUT2D eigenvalue weighted by molar-refractivity contribution is 5.81. The Morgan fingerprint density at radius 3 is 2.87 bits per heavy atom. The smallest absolute Gasteiger partial charge is 0.227 e. The number of nitrogens with zero attached hydrogens (tertiary/aromatic N) is 2. The number of hydrogen-bond donors (Lipinski definition) is 2. The van der Waals surface area contributed by atoms with Gasteiger partial charge >= 0.3 is 0 Å². The summed E-state index contributed by atoms with van der Waals surface area (Å²) in [5, 5.41) is 2.12. The maximum absolute atomic E-state index is 5.89. The summed E-state index contributed by atoms with van der Waals surface area (Å²) in [6.45, 7) is 7.41. The van der Waals surface area contributed by atoms with Gasteiger partial charge in [0, 0.05) is 12.1 Å². The molecular weight excluding hydrogens is 288 g/mol. The Morgan fingerprint density at radius 1 is 1.17 bits per heavy atom. The quantitative estimate of drug-likeness (QED) is 0.762. The van der Waals surface area contributed by atoms with E-state index in [0.29, 0.717) is 11.8 Å². The molecule has 4 rings (SSSR count). The molecule has 3 aromatic rings. The molecule has 0 saturated carbocycles. The summed E-state index contributed by atoms with van der Waals surface area (Å²) in [6.07, 6.45) is 0. The predicted molar refractivity (Wildman–Crippen MR) is 93.1 cm³/mol. The molecule has 5 heteroatoms. The van der Waals surface area contributed by atoms with E-state index in [4.69, 9.17) is 4.42 Å². The molecule has 5 nitrogen and oxygen atoms in total. The first-order chi connectivity index (χ1) is 11.1. The average Bonchev–Trinajstić information content (AvgIpc) is 3.10. The molecular formula is C18H20N4O. The molecule has 1 aliphatic rings. The number of hydrogen-bond acceptors (Lipinski definition) is 5. The van der Waals surface area contributed by atoms with Crippen molar-refractivity contribution < 1.29 is 4.42 Å². The predicted octanol–water partition coefficient (Wildman–Crippen LogP) is 4.11. The van der Waals surface area contributed by atoms with Crippen LogP contribution < -0.4 is 16.0 Å². The van der Waals surface area contributed by atoms with Crippen molar-refractivity contribution in [1.82, 2.24) is 10.5 Å². The SMILES string of the molecule is Cc1ccc2oc(-c3ccc4c(c3)NNN4CC(C)C)nc2c1. The van der Waals surface area contributed by atoms with E-state index in [1.165, 1.54) is 5.56 Å². The van der Waals surface area contributed by atoms with Crippen LogP contribution in [0.4, 0.5) is 11.4 Å². The Balaban J connectivity index is 1.70. The Kier molecular flexibility index (Phi) is 3.23. The van der Waals surface area contributed by atoms with Crippen molar-refractivity contribution >= 4 is 22.5 Å². The fraction of sp³-hybridized carbons (Fsp3) is 0.278. The number of hydrazine groups is 2. The van der Waals surface area contributed by atoms with Crippen LogP contribution in [-0.4, -0.2) is 11.5 Å². The molecule has 0 radical (unpaired) electrons. The first kappa shape index (κ1) is 14.1. The summed E-state index contributed by atoms with van der Waals surface area (Å²) in [5.74, 6) is 1.23. The van der Waals surface area contributed by atoms with Gasteiger partial charge in [-0.3, -0.25) is 5.01 Å². The first-order valence-electron chi connectivity index (χ1n) is 7.91. The second-order valence-electron chi connectivity index (χ2n) is 6.46. The molecule has 0 unspecified atom stereocenters. The lowest BCUT2D eigenvalue weighted by atomic mass is 10.1. The van der Waals surface area contributed by atoms with Crippen molar-refractivity contribution in [1.29, 1.82) is 0 Å². The van der Waals surface area contributed by atoms with Crippen LogP contribution in [0.1, 0.15) is 19.4 Å². The van der Waals surface area contributed by atoms with Crippen molar-refractivity contribution in [2.24, 2.45) is 5.92 Å². The van der Waals surface area contributed by atoms with Crippen molar-refractivity contribution in [3.05, 3.63) is 42.0 Å². The van der Waals surface area contributed by atoms with Crippen LogP contribution in [0, 0.1) is 12.8 Å². The van der Waals surface area contributed by atoms with Crippen molar-refractivity contribution in [3.8, 4) is 11.5 Å². The number of aromatic nitrogens is 1. The highest BCUT2D eigenvalue weighted by Crippen LogP contribution is 2.34. The molecule has 0 spiro atoms. The lowest BCUT2D eigenvalue weighted by molar-refractivity contribution is 0.584. The van der Waals surface area contributed by atoms with Gasteiger partial charge in [0.2, 0.25) is 5.89 Å². The van der Waals surface area contributed by atoms with Gasteiger partial charge in [-0.25, -0.2) is 4.98 Å². The number of aryl methyl sites for hydroxylation is 1. The number of rotatable bonds is 3. The van der Waals surface area contributed by atoms with Gasteiger partial charge in [-0.2, -0.15) is 0 Å². The maximum Gasteiger partial charge on any atom is 0.227 e. The molecule has 0 aliphatic carbocycles. The summed E-state index contributed by atoms with van der Waals surface area (Å²) in [7, 11) is 0. The largest absolute Gasteiger partial charge is 0.436 e. The molecule has 2 heterocycles. The van der Waals surface area contributed by atoms with Gasteiger partial charge in [-0.05, 0) is 48.7 Å². The van der Waals surface area contributed by atoms with Crippen LogP contribution in [0.25, 0.3) is 22.6 Å². The van der Waals surface area contributed by atoms with Crippen LogP contribution in [0.15, 0.2) is 40.8 Å². The normalized spacial score (nSPS) is 13.7. The van der Waals surface area contributed by atoms with E-state index in [9.17, 15) is 0 Å². The second-order valence-corrected chi connectivity index (χ2v) is 6.46. The number of benzene rings is 2. The van der Waals surface area contributed by atoms with Gasteiger partial charge in [0.25, 0.3) is 0 Å². The summed E-state index contributed by atoms with van der Waals surface area (Å²) in [4.78, 5) is 4.61. The Bertz CT molecular complexity index is 869. The van der Waals surface area contributed by atoms with Crippen molar-refractivity contribution in [3.63, 3.8) is 0 Å². The van der Waals surface area contributed by atoms with E-state index in [1.54, 1.807) is 0 Å². The molecule has 0 fully saturated rings. The van der Waals surface area contributed by atoms with Crippen LogP contribution in [0.3, 0.4) is 0 Å². The van der Waals surface area contributed by atoms with Crippen LogP contribution in [-0.2, 0) is 0 Å². The molecule has 1 aliphatic heterocycles. The fourth-order valence-electron chi connectivity index (χ4n) is 2.86. The highest BCUT2D eigenvalue weighted by Gasteiger charge is 2.20. The van der Waals surface area contributed by atoms with Gasteiger partial charge in [-0.15, -0.1) is 5.53 Å². The summed E-state index contributed by atoms with van der Waals surface area (Å²) in [6, 6.07) is 12.3. The van der Waals surface area contributed by atoms with Gasteiger partial charge < -0.3 is 9.84 Å². The molecule has 0 atom stereocenters. The van der Waals surface area contributed by atoms with E-state index in [0.717, 1.165) is 34.6 Å². The number of oxazole rings is 1. The molecule has 2 N–H and O–H groups in total. The molecule has 1 aromatic heterocycles. The maximum atomic E-state index is 5.89. The zero-order valence-electron chi connectivity index (χ0n) is 13.6. The van der Waals surface area contributed by atoms with Gasteiger partial charge in [-0.1, -0.05) is 19.9 Å². The fourth-order valence-corrected chi connectivity index (χ4v) is 2.86. The number of fused-ring (bicyclic) bond motifs is 2. The Hall–Kier alpha value is -2.53. The molecule has 0 amide bonds.